The maximum atomic E-state index is 13.5. The van der Waals surface area contributed by atoms with E-state index >= 15 is 0 Å². The van der Waals surface area contributed by atoms with Gasteiger partial charge in [-0.25, -0.2) is 4.79 Å². The average molecular weight is 544 g/mol. The van der Waals surface area contributed by atoms with Crippen LogP contribution in [0.5, 0.6) is 5.75 Å². The van der Waals surface area contributed by atoms with Gasteiger partial charge in [0.2, 0.25) is 0 Å². The number of anilines is 1. The lowest BCUT2D eigenvalue weighted by Gasteiger charge is -2.37. The molecule has 200 valence electrons. The van der Waals surface area contributed by atoms with E-state index in [9.17, 15) is 4.79 Å². The van der Waals surface area contributed by atoms with Gasteiger partial charge in [0.05, 0.1) is 5.69 Å². The minimum atomic E-state index is -1.89. The summed E-state index contributed by atoms with van der Waals surface area (Å²) in [6.45, 7) is 18.4. The van der Waals surface area contributed by atoms with E-state index in [2.05, 4.69) is 77.0 Å². The largest absolute Gasteiger partial charge is 0.421 e. The predicted octanol–water partition coefficient (Wildman–Crippen LogP) is 8.00. The fourth-order valence-corrected chi connectivity index (χ4v) is 5.58. The lowest BCUT2D eigenvalue weighted by molar-refractivity contribution is 0.207. The smallest absolute Gasteiger partial charge is 0.417 e. The van der Waals surface area contributed by atoms with Crippen LogP contribution < -0.4 is 9.64 Å². The molecule has 0 spiro atoms. The molecule has 38 heavy (non-hydrogen) atoms. The molecule has 3 rings (SSSR count). The Morgan fingerprint density at radius 1 is 1.03 bits per heavy atom. The van der Waals surface area contributed by atoms with Crippen molar-refractivity contribution in [2.75, 3.05) is 11.5 Å². The molecule has 1 aliphatic heterocycles. The number of rotatable bonds is 6. The number of ether oxygens (including phenoxy) is 1. The van der Waals surface area contributed by atoms with Crippen molar-refractivity contribution in [3.8, 4) is 29.6 Å². The normalized spacial score (nSPS) is 16.3. The van der Waals surface area contributed by atoms with Gasteiger partial charge in [0, 0.05) is 18.1 Å². The van der Waals surface area contributed by atoms with E-state index in [0.717, 1.165) is 16.8 Å². The zero-order valence-electron chi connectivity index (χ0n) is 24.1. The average Bonchev–Trinajstić information content (AvgIpc) is 2.84. The van der Waals surface area contributed by atoms with Crippen LogP contribution in [0.3, 0.4) is 0 Å². The van der Waals surface area contributed by atoms with Gasteiger partial charge in [-0.15, -0.1) is 12.0 Å². The number of hydrogen-bond donors (Lipinski definition) is 0. The van der Waals surface area contributed by atoms with Gasteiger partial charge in [-0.1, -0.05) is 88.7 Å². The standard InChI is InChI=1S/C32H41NO3Si2/c1-10-25(20-22-35-38(8,9)32(2,3)4)29-24-26(21-23-37(5,6)7)33(30-19-15-14-18-28(29)30)31(34)36-27-16-12-11-13-17-27/h1,11-19,24-26H,20,22H2,2-9H3/t25-,26-/m1/s1. The fourth-order valence-electron chi connectivity index (χ4n) is 3.94. The first-order valence-electron chi connectivity index (χ1n) is 13.2. The van der Waals surface area contributed by atoms with Gasteiger partial charge >= 0.3 is 6.09 Å². The molecule has 0 saturated carbocycles. The summed E-state index contributed by atoms with van der Waals surface area (Å²) in [4.78, 5) is 15.2. The van der Waals surface area contributed by atoms with Crippen molar-refractivity contribution in [3.05, 3.63) is 66.2 Å². The highest BCUT2D eigenvalue weighted by atomic mass is 28.4. The monoisotopic (exact) mass is 543 g/mol. The van der Waals surface area contributed by atoms with Crippen LogP contribution >= 0.6 is 0 Å². The van der Waals surface area contributed by atoms with E-state index in [1.165, 1.54) is 0 Å². The summed E-state index contributed by atoms with van der Waals surface area (Å²) in [5.41, 5.74) is 6.15. The molecule has 2 aromatic rings. The second-order valence-corrected chi connectivity index (χ2v) is 21.8. The summed E-state index contributed by atoms with van der Waals surface area (Å²) in [7, 11) is -3.60. The third-order valence-corrected chi connectivity index (χ3v) is 12.5. The maximum absolute atomic E-state index is 13.5. The molecule has 0 bridgehead atoms. The molecule has 0 radical (unpaired) electrons. The number of carbonyl (C=O) groups is 1. The molecule has 1 aliphatic rings. The van der Waals surface area contributed by atoms with Crippen molar-refractivity contribution in [1.29, 1.82) is 0 Å². The molecule has 0 unspecified atom stereocenters. The SMILES string of the molecule is C#C[C@H](CCO[Si](C)(C)C(C)(C)C)C1=C[C@@H](C#C[Si](C)(C)C)N(C(=O)Oc2ccccc2)c2ccccc21. The Morgan fingerprint density at radius 3 is 2.26 bits per heavy atom. The van der Waals surface area contributed by atoms with Gasteiger partial charge in [0.15, 0.2) is 8.32 Å². The third kappa shape index (κ3) is 7.29. The second kappa shape index (κ2) is 11.8. The maximum Gasteiger partial charge on any atom is 0.421 e. The highest BCUT2D eigenvalue weighted by Crippen LogP contribution is 2.40. The zero-order valence-corrected chi connectivity index (χ0v) is 26.1. The minimum absolute atomic E-state index is 0.131. The predicted molar refractivity (Wildman–Crippen MR) is 164 cm³/mol. The number of benzene rings is 2. The van der Waals surface area contributed by atoms with E-state index in [0.29, 0.717) is 18.8 Å². The van der Waals surface area contributed by atoms with Gasteiger partial charge in [-0.3, -0.25) is 4.90 Å². The van der Waals surface area contributed by atoms with E-state index in [1.54, 1.807) is 17.0 Å². The molecular formula is C32H41NO3Si2. The summed E-state index contributed by atoms with van der Waals surface area (Å²) >= 11 is 0. The molecule has 4 nitrogen and oxygen atoms in total. The van der Waals surface area contributed by atoms with E-state index in [-0.39, 0.29) is 11.0 Å². The number of amides is 1. The highest BCUT2D eigenvalue weighted by Gasteiger charge is 2.38. The van der Waals surface area contributed by atoms with Crippen LogP contribution in [0, 0.1) is 29.7 Å². The van der Waals surface area contributed by atoms with Crippen LogP contribution in [0.2, 0.25) is 37.8 Å². The Bertz CT molecular complexity index is 1270. The van der Waals surface area contributed by atoms with Gasteiger partial charge in [-0.05, 0) is 54.4 Å². The number of carbonyl (C=O) groups excluding carboxylic acids is 1. The minimum Gasteiger partial charge on any atom is -0.417 e. The fraction of sp³-hybridized carbons (Fsp3) is 0.406. The van der Waals surface area contributed by atoms with Crippen LogP contribution in [0.1, 0.15) is 32.8 Å². The highest BCUT2D eigenvalue weighted by molar-refractivity contribution is 6.83. The second-order valence-electron chi connectivity index (χ2n) is 12.3. The molecule has 0 aromatic heterocycles. The Kier molecular flexibility index (Phi) is 9.15. The van der Waals surface area contributed by atoms with E-state index in [4.69, 9.17) is 15.6 Å². The summed E-state index contributed by atoms with van der Waals surface area (Å²) in [6, 6.07) is 16.5. The molecule has 0 saturated heterocycles. The van der Waals surface area contributed by atoms with Crippen molar-refractivity contribution in [2.45, 2.75) is 71.0 Å². The molecule has 1 heterocycles. The topological polar surface area (TPSA) is 38.8 Å². The number of nitrogens with zero attached hydrogens (tertiary/aromatic N) is 1. The number of para-hydroxylation sites is 2. The van der Waals surface area contributed by atoms with Gasteiger partial charge in [-0.2, -0.15) is 0 Å². The van der Waals surface area contributed by atoms with Gasteiger partial charge in [0.1, 0.15) is 19.9 Å². The van der Waals surface area contributed by atoms with Crippen molar-refractivity contribution in [3.63, 3.8) is 0 Å². The van der Waals surface area contributed by atoms with Crippen molar-refractivity contribution in [2.24, 2.45) is 5.92 Å². The molecular weight excluding hydrogens is 503 g/mol. The Morgan fingerprint density at radius 2 is 1.66 bits per heavy atom. The number of fused-ring (bicyclic) bond motifs is 1. The molecule has 6 heteroatoms. The third-order valence-electron chi connectivity index (χ3n) is 7.08. The van der Waals surface area contributed by atoms with Crippen LogP contribution in [-0.2, 0) is 4.43 Å². The van der Waals surface area contributed by atoms with E-state index < -0.39 is 28.5 Å². The van der Waals surface area contributed by atoms with E-state index in [1.807, 2.05) is 42.5 Å². The van der Waals surface area contributed by atoms with Gasteiger partial charge < -0.3 is 9.16 Å². The molecule has 1 amide bonds. The number of allylic oxidation sites excluding steroid dienone is 1. The van der Waals surface area contributed by atoms with Crippen LogP contribution in [0.25, 0.3) is 5.57 Å². The molecule has 2 aromatic carbocycles. The lowest BCUT2D eigenvalue weighted by atomic mass is 9.85. The summed E-state index contributed by atoms with van der Waals surface area (Å²) < 4.78 is 12.2. The molecule has 0 aliphatic carbocycles. The summed E-state index contributed by atoms with van der Waals surface area (Å²) in [5, 5.41) is 0.131. The molecule has 0 fully saturated rings. The first-order chi connectivity index (χ1) is 17.7. The first kappa shape index (κ1) is 29.5. The van der Waals surface area contributed by atoms with Crippen LogP contribution in [0.4, 0.5) is 10.5 Å². The lowest BCUT2D eigenvalue weighted by Crippen LogP contribution is -2.43. The van der Waals surface area contributed by atoms with Crippen molar-refractivity contribution < 1.29 is 14.0 Å². The first-order valence-corrected chi connectivity index (χ1v) is 19.6. The number of terminal acetylenes is 1. The Labute approximate surface area is 231 Å². The van der Waals surface area contributed by atoms with Crippen molar-refractivity contribution in [1.82, 2.24) is 0 Å². The van der Waals surface area contributed by atoms with Crippen LogP contribution in [-0.4, -0.2) is 35.1 Å². The summed E-state index contributed by atoms with van der Waals surface area (Å²) in [6.07, 6.45) is 8.40. The van der Waals surface area contributed by atoms with Gasteiger partial charge in [0.25, 0.3) is 0 Å². The molecule has 0 N–H and O–H groups in total. The zero-order chi connectivity index (χ0) is 28.1. The number of hydrogen-bond acceptors (Lipinski definition) is 3. The Balaban J connectivity index is 2.00. The van der Waals surface area contributed by atoms with Crippen molar-refractivity contribution >= 4 is 33.7 Å². The van der Waals surface area contributed by atoms with Crippen LogP contribution in [0.15, 0.2) is 60.7 Å². The quantitative estimate of drug-likeness (QED) is 0.274. The summed E-state index contributed by atoms with van der Waals surface area (Å²) in [5.74, 6) is 6.73. The molecule has 2 atom stereocenters. The Hall–Kier alpha value is -3.04.